The van der Waals surface area contributed by atoms with Gasteiger partial charge in [-0.1, -0.05) is 6.07 Å². The molecule has 0 aliphatic heterocycles. The summed E-state index contributed by atoms with van der Waals surface area (Å²) in [6.07, 6.45) is 1.61. The van der Waals surface area contributed by atoms with E-state index < -0.39 is 0 Å². The lowest BCUT2D eigenvalue weighted by molar-refractivity contribution is 0.468. The summed E-state index contributed by atoms with van der Waals surface area (Å²) in [5.41, 5.74) is 3.83. The van der Waals surface area contributed by atoms with Gasteiger partial charge in [0.2, 0.25) is 0 Å². The molecule has 2 heteroatoms. The fourth-order valence-electron chi connectivity index (χ4n) is 1.80. The summed E-state index contributed by atoms with van der Waals surface area (Å²) < 4.78 is 5.32. The molecule has 0 radical (unpaired) electrons. The number of phenolic OH excluding ortho intramolecular Hbond substituents is 1. The van der Waals surface area contributed by atoms with Gasteiger partial charge in [-0.15, -0.1) is 0 Å². The number of phenols is 1. The lowest BCUT2D eigenvalue weighted by Gasteiger charge is -2.11. The summed E-state index contributed by atoms with van der Waals surface area (Å²) in [5, 5.41) is 10.1. The minimum Gasteiger partial charge on any atom is -0.507 e. The fourth-order valence-corrected chi connectivity index (χ4v) is 1.80. The summed E-state index contributed by atoms with van der Waals surface area (Å²) in [4.78, 5) is 0. The van der Waals surface area contributed by atoms with Gasteiger partial charge in [0.25, 0.3) is 0 Å². The molecule has 2 aromatic rings. The highest BCUT2D eigenvalue weighted by atomic mass is 16.3. The van der Waals surface area contributed by atoms with Gasteiger partial charge in [-0.2, -0.15) is 0 Å². The van der Waals surface area contributed by atoms with Crippen LogP contribution in [0, 0.1) is 20.8 Å². The summed E-state index contributed by atoms with van der Waals surface area (Å²) in [6, 6.07) is 5.74. The Bertz CT molecular complexity index is 482. The molecule has 0 saturated heterocycles. The maximum absolute atomic E-state index is 10.1. The van der Waals surface area contributed by atoms with Gasteiger partial charge < -0.3 is 9.52 Å². The van der Waals surface area contributed by atoms with Crippen LogP contribution in [0.5, 0.6) is 5.75 Å². The van der Waals surface area contributed by atoms with Crippen LogP contribution in [-0.4, -0.2) is 5.11 Å². The van der Waals surface area contributed by atoms with Gasteiger partial charge in [0.15, 0.2) is 0 Å². The van der Waals surface area contributed by atoms with E-state index in [9.17, 15) is 5.11 Å². The highest BCUT2D eigenvalue weighted by Crippen LogP contribution is 2.36. The molecule has 78 valence electrons. The normalized spacial score (nSPS) is 10.6. The highest BCUT2D eigenvalue weighted by molar-refractivity contribution is 5.72. The predicted molar refractivity (Wildman–Crippen MR) is 60.0 cm³/mol. The second-order valence-corrected chi connectivity index (χ2v) is 3.84. The number of aryl methyl sites for hydroxylation is 2. The highest BCUT2D eigenvalue weighted by Gasteiger charge is 2.14. The Kier molecular flexibility index (Phi) is 2.27. The van der Waals surface area contributed by atoms with Crippen LogP contribution in [0.25, 0.3) is 11.3 Å². The Morgan fingerprint density at radius 3 is 2.47 bits per heavy atom. The largest absolute Gasteiger partial charge is 0.507 e. The van der Waals surface area contributed by atoms with E-state index in [1.165, 1.54) is 0 Å². The number of benzene rings is 1. The average Bonchev–Trinajstić information content (AvgIpc) is 2.68. The Morgan fingerprint density at radius 2 is 1.87 bits per heavy atom. The van der Waals surface area contributed by atoms with E-state index >= 15 is 0 Å². The third-order valence-corrected chi connectivity index (χ3v) is 2.78. The second kappa shape index (κ2) is 3.46. The first kappa shape index (κ1) is 9.84. The predicted octanol–water partition coefficient (Wildman–Crippen LogP) is 3.58. The van der Waals surface area contributed by atoms with Gasteiger partial charge in [-0.25, -0.2) is 0 Å². The van der Waals surface area contributed by atoms with E-state index in [2.05, 4.69) is 6.07 Å². The maximum Gasteiger partial charge on any atom is 0.137 e. The smallest absolute Gasteiger partial charge is 0.137 e. The van der Waals surface area contributed by atoms with Crippen molar-refractivity contribution >= 4 is 0 Å². The molecule has 1 heterocycles. The zero-order chi connectivity index (χ0) is 11.0. The summed E-state index contributed by atoms with van der Waals surface area (Å²) >= 11 is 0. The maximum atomic E-state index is 10.1. The van der Waals surface area contributed by atoms with Gasteiger partial charge in [0.1, 0.15) is 11.5 Å². The first-order valence-corrected chi connectivity index (χ1v) is 4.95. The molecule has 1 aromatic heterocycles. The molecule has 1 N–H and O–H groups in total. The van der Waals surface area contributed by atoms with E-state index in [0.717, 1.165) is 22.3 Å². The van der Waals surface area contributed by atoms with Crippen LogP contribution >= 0.6 is 0 Å². The molecule has 15 heavy (non-hydrogen) atoms. The van der Waals surface area contributed by atoms with E-state index in [1.807, 2.05) is 32.9 Å². The zero-order valence-corrected chi connectivity index (χ0v) is 9.16. The molecule has 0 bridgehead atoms. The van der Waals surface area contributed by atoms with Crippen LogP contribution in [0.1, 0.15) is 16.7 Å². The van der Waals surface area contributed by atoms with Crippen molar-refractivity contribution < 1.29 is 9.52 Å². The van der Waals surface area contributed by atoms with Gasteiger partial charge in [0, 0.05) is 0 Å². The lowest BCUT2D eigenvalue weighted by Crippen LogP contribution is -1.89. The minimum atomic E-state index is 0.322. The molecule has 0 aliphatic rings. The van der Waals surface area contributed by atoms with Crippen LogP contribution in [-0.2, 0) is 0 Å². The Labute approximate surface area is 89.2 Å². The molecule has 2 nitrogen and oxygen atoms in total. The molecule has 0 saturated carbocycles. The van der Waals surface area contributed by atoms with Crippen LogP contribution in [0.3, 0.4) is 0 Å². The lowest BCUT2D eigenvalue weighted by atomic mass is 9.98. The van der Waals surface area contributed by atoms with E-state index in [-0.39, 0.29) is 0 Å². The van der Waals surface area contributed by atoms with Crippen molar-refractivity contribution in [1.29, 1.82) is 0 Å². The van der Waals surface area contributed by atoms with Crippen molar-refractivity contribution in [2.24, 2.45) is 0 Å². The number of furan rings is 1. The number of hydrogen-bond donors (Lipinski definition) is 1. The summed E-state index contributed by atoms with van der Waals surface area (Å²) in [7, 11) is 0. The number of hydrogen-bond acceptors (Lipinski definition) is 2. The van der Waals surface area contributed by atoms with Gasteiger partial charge in [-0.3, -0.25) is 0 Å². The average molecular weight is 202 g/mol. The van der Waals surface area contributed by atoms with Crippen LogP contribution in [0.4, 0.5) is 0 Å². The van der Waals surface area contributed by atoms with Gasteiger partial charge in [0.05, 0.1) is 11.8 Å². The molecule has 1 aromatic carbocycles. The van der Waals surface area contributed by atoms with Crippen LogP contribution < -0.4 is 0 Å². The van der Waals surface area contributed by atoms with Gasteiger partial charge >= 0.3 is 0 Å². The Hall–Kier alpha value is -1.70. The first-order chi connectivity index (χ1) is 7.11. The first-order valence-electron chi connectivity index (χ1n) is 4.95. The molecule has 0 spiro atoms. The van der Waals surface area contributed by atoms with Crippen LogP contribution in [0.15, 0.2) is 28.9 Å². The molecular weight excluding hydrogens is 188 g/mol. The fraction of sp³-hybridized carbons (Fsp3) is 0.231. The quantitative estimate of drug-likeness (QED) is 0.766. The Morgan fingerprint density at radius 1 is 1.13 bits per heavy atom. The molecule has 0 unspecified atom stereocenters. The summed E-state index contributed by atoms with van der Waals surface area (Å²) in [6.45, 7) is 5.88. The van der Waals surface area contributed by atoms with E-state index in [4.69, 9.17) is 4.42 Å². The van der Waals surface area contributed by atoms with Crippen molar-refractivity contribution in [3.63, 3.8) is 0 Å². The van der Waals surface area contributed by atoms with Crippen molar-refractivity contribution in [2.75, 3.05) is 0 Å². The second-order valence-electron chi connectivity index (χ2n) is 3.84. The zero-order valence-electron chi connectivity index (χ0n) is 9.16. The molecule has 0 fully saturated rings. The standard InChI is InChI=1S/C13H14O2/c1-8-7-9(2)12(13(14)10(8)3)11-5-4-6-15-11/h4-7,14H,1-3H3. The van der Waals surface area contributed by atoms with Crippen molar-refractivity contribution in [2.45, 2.75) is 20.8 Å². The monoisotopic (exact) mass is 202 g/mol. The third kappa shape index (κ3) is 1.52. The molecular formula is C13H14O2. The summed E-state index contributed by atoms with van der Waals surface area (Å²) in [5.74, 6) is 1.04. The topological polar surface area (TPSA) is 33.4 Å². The van der Waals surface area contributed by atoms with Crippen molar-refractivity contribution in [3.8, 4) is 17.1 Å². The Balaban J connectivity index is 2.72. The van der Waals surface area contributed by atoms with Crippen LogP contribution in [0.2, 0.25) is 0 Å². The number of aromatic hydroxyl groups is 1. The van der Waals surface area contributed by atoms with E-state index in [1.54, 1.807) is 6.26 Å². The van der Waals surface area contributed by atoms with Gasteiger partial charge in [-0.05, 0) is 49.6 Å². The van der Waals surface area contributed by atoms with Crippen molar-refractivity contribution in [1.82, 2.24) is 0 Å². The molecule has 0 aliphatic carbocycles. The molecule has 0 amide bonds. The number of rotatable bonds is 1. The third-order valence-electron chi connectivity index (χ3n) is 2.78. The minimum absolute atomic E-state index is 0.322. The molecule has 0 atom stereocenters. The molecule has 2 rings (SSSR count). The van der Waals surface area contributed by atoms with Crippen molar-refractivity contribution in [3.05, 3.63) is 41.2 Å². The SMILES string of the molecule is Cc1cc(C)c(-c2ccco2)c(O)c1C. The van der Waals surface area contributed by atoms with E-state index in [0.29, 0.717) is 11.5 Å².